The SMILES string of the molecule is O=C(NCCCCCO[C@@H]1OC(CO)[C@@H](O[C@@H]2OC(CO)[C@@H](O)[C@H](O)C2O)[C@H](O)C1O)OCc1ccccc1. The van der Waals surface area contributed by atoms with E-state index in [2.05, 4.69) is 5.32 Å². The second-order valence-electron chi connectivity index (χ2n) is 9.42. The maximum absolute atomic E-state index is 11.8. The summed E-state index contributed by atoms with van der Waals surface area (Å²) >= 11 is 0. The number of rotatable bonds is 13. The summed E-state index contributed by atoms with van der Waals surface area (Å²) in [5.74, 6) is 0. The molecule has 2 aliphatic heterocycles. The molecule has 3 rings (SSSR count). The summed E-state index contributed by atoms with van der Waals surface area (Å²) in [6.45, 7) is -0.580. The number of carbonyl (C=O) groups excluding carboxylic acids is 1. The summed E-state index contributed by atoms with van der Waals surface area (Å²) in [6.07, 6.45) is -13.6. The average molecular weight is 562 g/mol. The van der Waals surface area contributed by atoms with Gasteiger partial charge in [0.15, 0.2) is 12.6 Å². The Morgan fingerprint density at radius 3 is 2.15 bits per heavy atom. The largest absolute Gasteiger partial charge is 0.445 e. The normalized spacial score (nSPS) is 34.9. The van der Waals surface area contributed by atoms with Crippen molar-refractivity contribution in [2.24, 2.45) is 0 Å². The van der Waals surface area contributed by atoms with Crippen LogP contribution in [0.25, 0.3) is 0 Å². The van der Waals surface area contributed by atoms with Gasteiger partial charge in [-0.3, -0.25) is 0 Å². The molecule has 39 heavy (non-hydrogen) atoms. The van der Waals surface area contributed by atoms with Crippen LogP contribution >= 0.6 is 0 Å². The number of hydrogen-bond donors (Lipinski definition) is 8. The lowest BCUT2D eigenvalue weighted by Crippen LogP contribution is -2.64. The van der Waals surface area contributed by atoms with Crippen molar-refractivity contribution < 1.29 is 64.2 Å². The Kier molecular flexibility index (Phi) is 12.7. The molecule has 4 unspecified atom stereocenters. The summed E-state index contributed by atoms with van der Waals surface area (Å²) < 4.78 is 27.0. The third-order valence-corrected chi connectivity index (χ3v) is 6.55. The second-order valence-corrected chi connectivity index (χ2v) is 9.42. The van der Waals surface area contributed by atoms with E-state index in [1.807, 2.05) is 30.3 Å². The van der Waals surface area contributed by atoms with Crippen molar-refractivity contribution in [2.75, 3.05) is 26.4 Å². The third kappa shape index (κ3) is 8.77. The molecule has 2 fully saturated rings. The van der Waals surface area contributed by atoms with Crippen LogP contribution in [-0.4, -0.2) is 130 Å². The number of carbonyl (C=O) groups is 1. The Balaban J connectivity index is 1.36. The van der Waals surface area contributed by atoms with Crippen LogP contribution in [0.3, 0.4) is 0 Å². The third-order valence-electron chi connectivity index (χ3n) is 6.55. The first-order valence-electron chi connectivity index (χ1n) is 12.9. The van der Waals surface area contributed by atoms with Gasteiger partial charge in [-0.1, -0.05) is 30.3 Å². The fourth-order valence-corrected chi connectivity index (χ4v) is 4.26. The number of alkyl carbamates (subject to hydrolysis) is 1. The summed E-state index contributed by atoms with van der Waals surface area (Å²) in [5.41, 5.74) is 0.886. The number of unbranched alkanes of at least 4 members (excludes halogenated alkanes) is 2. The van der Waals surface area contributed by atoms with E-state index >= 15 is 0 Å². The van der Waals surface area contributed by atoms with Gasteiger partial charge in [-0.15, -0.1) is 0 Å². The lowest BCUT2D eigenvalue weighted by molar-refractivity contribution is -0.359. The molecule has 0 bridgehead atoms. The van der Waals surface area contributed by atoms with Crippen LogP contribution in [0, 0.1) is 0 Å². The van der Waals surface area contributed by atoms with Gasteiger partial charge < -0.3 is 64.7 Å². The molecular formula is C25H39NO13. The minimum absolute atomic E-state index is 0.156. The molecule has 14 nitrogen and oxygen atoms in total. The van der Waals surface area contributed by atoms with Crippen LogP contribution in [0.15, 0.2) is 30.3 Å². The molecule has 2 saturated heterocycles. The van der Waals surface area contributed by atoms with Crippen LogP contribution < -0.4 is 5.32 Å². The van der Waals surface area contributed by atoms with E-state index in [4.69, 9.17) is 23.7 Å². The topological polar surface area (TPSA) is 217 Å². The van der Waals surface area contributed by atoms with Crippen molar-refractivity contribution in [3.8, 4) is 0 Å². The van der Waals surface area contributed by atoms with Gasteiger partial charge in [0, 0.05) is 13.2 Å². The van der Waals surface area contributed by atoms with Crippen LogP contribution in [0.2, 0.25) is 0 Å². The average Bonchev–Trinajstić information content (AvgIpc) is 2.95. The zero-order valence-electron chi connectivity index (χ0n) is 21.4. The molecule has 0 aliphatic carbocycles. The number of ether oxygens (including phenoxy) is 5. The Morgan fingerprint density at radius 2 is 1.46 bits per heavy atom. The van der Waals surface area contributed by atoms with Crippen LogP contribution in [0.5, 0.6) is 0 Å². The quantitative estimate of drug-likeness (QED) is 0.119. The van der Waals surface area contributed by atoms with Gasteiger partial charge in [0.25, 0.3) is 0 Å². The van der Waals surface area contributed by atoms with Gasteiger partial charge >= 0.3 is 6.09 Å². The van der Waals surface area contributed by atoms with E-state index in [0.29, 0.717) is 25.8 Å². The fraction of sp³-hybridized carbons (Fsp3) is 0.720. The molecule has 1 aromatic rings. The van der Waals surface area contributed by atoms with E-state index in [0.717, 1.165) is 5.56 Å². The lowest BCUT2D eigenvalue weighted by Gasteiger charge is -2.45. The molecule has 8 N–H and O–H groups in total. The highest BCUT2D eigenvalue weighted by molar-refractivity contribution is 5.67. The molecule has 222 valence electrons. The van der Waals surface area contributed by atoms with E-state index in [-0.39, 0.29) is 13.2 Å². The zero-order valence-corrected chi connectivity index (χ0v) is 21.4. The number of benzene rings is 1. The smallest absolute Gasteiger partial charge is 0.407 e. The van der Waals surface area contributed by atoms with Crippen molar-refractivity contribution in [1.82, 2.24) is 5.32 Å². The fourth-order valence-electron chi connectivity index (χ4n) is 4.26. The predicted octanol–water partition coefficient (Wildman–Crippen LogP) is -2.28. The first-order valence-corrected chi connectivity index (χ1v) is 12.9. The van der Waals surface area contributed by atoms with E-state index < -0.39 is 80.7 Å². The van der Waals surface area contributed by atoms with Crippen LogP contribution in [-0.2, 0) is 30.3 Å². The van der Waals surface area contributed by atoms with Crippen molar-refractivity contribution in [2.45, 2.75) is 87.3 Å². The Morgan fingerprint density at radius 1 is 0.795 bits per heavy atom. The van der Waals surface area contributed by atoms with Crippen molar-refractivity contribution >= 4 is 6.09 Å². The van der Waals surface area contributed by atoms with Crippen LogP contribution in [0.4, 0.5) is 4.79 Å². The van der Waals surface area contributed by atoms with E-state index in [1.165, 1.54) is 0 Å². The molecule has 2 aliphatic rings. The molecule has 1 amide bonds. The number of nitrogens with one attached hydrogen (secondary N) is 1. The van der Waals surface area contributed by atoms with Crippen molar-refractivity contribution in [1.29, 1.82) is 0 Å². The van der Waals surface area contributed by atoms with Crippen LogP contribution in [0.1, 0.15) is 24.8 Å². The van der Waals surface area contributed by atoms with E-state index in [1.54, 1.807) is 0 Å². The van der Waals surface area contributed by atoms with Gasteiger partial charge in [0.05, 0.1) is 13.2 Å². The number of aliphatic hydroxyl groups is 7. The summed E-state index contributed by atoms with van der Waals surface area (Å²) in [7, 11) is 0. The van der Waals surface area contributed by atoms with Crippen molar-refractivity contribution in [3.63, 3.8) is 0 Å². The first-order chi connectivity index (χ1) is 18.8. The molecule has 0 radical (unpaired) electrons. The molecule has 0 spiro atoms. The minimum Gasteiger partial charge on any atom is -0.445 e. The highest BCUT2D eigenvalue weighted by Crippen LogP contribution is 2.29. The maximum Gasteiger partial charge on any atom is 0.407 e. The molecule has 10 atom stereocenters. The second kappa shape index (κ2) is 15.7. The predicted molar refractivity (Wildman–Crippen MR) is 131 cm³/mol. The monoisotopic (exact) mass is 561 g/mol. The summed E-state index contributed by atoms with van der Waals surface area (Å²) in [5, 5.41) is 72.9. The summed E-state index contributed by atoms with van der Waals surface area (Å²) in [6, 6.07) is 9.31. The minimum atomic E-state index is -1.74. The molecule has 1 aromatic carbocycles. The maximum atomic E-state index is 11.8. The number of aliphatic hydroxyl groups excluding tert-OH is 7. The van der Waals surface area contributed by atoms with Crippen molar-refractivity contribution in [3.05, 3.63) is 35.9 Å². The van der Waals surface area contributed by atoms with Gasteiger partial charge in [-0.05, 0) is 24.8 Å². The van der Waals surface area contributed by atoms with Gasteiger partial charge in [0.1, 0.15) is 55.4 Å². The Bertz CT molecular complexity index is 845. The zero-order chi connectivity index (χ0) is 28.4. The van der Waals surface area contributed by atoms with Gasteiger partial charge in [-0.25, -0.2) is 4.79 Å². The highest BCUT2D eigenvalue weighted by Gasteiger charge is 2.50. The first kappa shape index (κ1) is 31.6. The van der Waals surface area contributed by atoms with Gasteiger partial charge in [0.2, 0.25) is 0 Å². The molecule has 0 aromatic heterocycles. The lowest BCUT2D eigenvalue weighted by atomic mass is 9.97. The molecular weight excluding hydrogens is 522 g/mol. The Hall–Kier alpha value is -1.95. The van der Waals surface area contributed by atoms with Gasteiger partial charge in [-0.2, -0.15) is 0 Å². The summed E-state index contributed by atoms with van der Waals surface area (Å²) in [4.78, 5) is 11.8. The molecule has 2 heterocycles. The number of amides is 1. The standard InChI is InChI=1S/C25H39NO13/c27-11-15-17(29)18(30)20(32)24(37-15)39-22-16(12-28)38-23(21(33)19(22)31)35-10-6-2-5-9-26-25(34)36-13-14-7-3-1-4-8-14/h1,3-4,7-8,15-24,27-33H,2,5-6,9-13H2,(H,26,34)/t15?,16?,17-,18+,19-,20?,21?,22-,23-,24+/m1/s1. The van der Waals surface area contributed by atoms with E-state index in [9.17, 15) is 40.5 Å². The highest BCUT2D eigenvalue weighted by atomic mass is 16.7. The molecule has 0 saturated carbocycles. The number of hydrogen-bond acceptors (Lipinski definition) is 13. The molecule has 14 heteroatoms. The Labute approximate surface area is 225 Å².